The molecule has 0 spiro atoms. The maximum absolute atomic E-state index is 10.7. The van der Waals surface area contributed by atoms with Gasteiger partial charge in [-0.15, -0.1) is 0 Å². The van der Waals surface area contributed by atoms with Gasteiger partial charge in [-0.25, -0.2) is 0 Å². The smallest absolute Gasteiger partial charge is 0.309 e. The number of aliphatic carboxylic acids is 1. The SMILES string of the molecule is CC1(C(=O)O)CCCCC1.CC1(CO)CCCCC1. The summed E-state index contributed by atoms with van der Waals surface area (Å²) in [7, 11) is 0. The maximum atomic E-state index is 10.7. The van der Waals surface area contributed by atoms with Crippen LogP contribution in [-0.4, -0.2) is 22.8 Å². The molecular formula is C16H30O3. The molecule has 0 saturated heterocycles. The lowest BCUT2D eigenvalue weighted by Gasteiger charge is -2.31. The molecule has 112 valence electrons. The van der Waals surface area contributed by atoms with Gasteiger partial charge >= 0.3 is 5.97 Å². The van der Waals surface area contributed by atoms with Crippen molar-refractivity contribution in [2.75, 3.05) is 6.61 Å². The number of aliphatic hydroxyl groups excluding tert-OH is 1. The Morgan fingerprint density at radius 1 is 0.895 bits per heavy atom. The number of aliphatic hydroxyl groups is 1. The zero-order chi connectivity index (χ0) is 14.4. The quantitative estimate of drug-likeness (QED) is 0.797. The summed E-state index contributed by atoms with van der Waals surface area (Å²) in [5, 5.41) is 17.7. The van der Waals surface area contributed by atoms with Crippen LogP contribution in [0.3, 0.4) is 0 Å². The minimum Gasteiger partial charge on any atom is -0.481 e. The minimum absolute atomic E-state index is 0.276. The van der Waals surface area contributed by atoms with Gasteiger partial charge in [0.1, 0.15) is 0 Å². The summed E-state index contributed by atoms with van der Waals surface area (Å²) >= 11 is 0. The normalized spacial score (nSPS) is 25.0. The molecule has 0 bridgehead atoms. The topological polar surface area (TPSA) is 57.5 Å². The monoisotopic (exact) mass is 270 g/mol. The molecule has 2 N–H and O–H groups in total. The van der Waals surface area contributed by atoms with E-state index in [0.29, 0.717) is 6.61 Å². The molecule has 2 aliphatic carbocycles. The van der Waals surface area contributed by atoms with Crippen molar-refractivity contribution in [2.45, 2.75) is 78.1 Å². The number of rotatable bonds is 2. The van der Waals surface area contributed by atoms with Crippen LogP contribution in [0.2, 0.25) is 0 Å². The molecule has 0 unspecified atom stereocenters. The Kier molecular flexibility index (Phi) is 6.31. The predicted octanol–water partition coefficient (Wildman–Crippen LogP) is 3.99. The van der Waals surface area contributed by atoms with Crippen molar-refractivity contribution in [3.8, 4) is 0 Å². The van der Waals surface area contributed by atoms with E-state index in [1.807, 2.05) is 6.92 Å². The Bertz CT molecular complexity index is 274. The molecule has 2 saturated carbocycles. The first-order valence-electron chi connectivity index (χ1n) is 7.76. The molecule has 19 heavy (non-hydrogen) atoms. The van der Waals surface area contributed by atoms with Crippen molar-refractivity contribution >= 4 is 5.97 Å². The van der Waals surface area contributed by atoms with Crippen LogP contribution in [0.4, 0.5) is 0 Å². The van der Waals surface area contributed by atoms with E-state index in [9.17, 15) is 4.79 Å². The highest BCUT2D eigenvalue weighted by atomic mass is 16.4. The lowest BCUT2D eigenvalue weighted by molar-refractivity contribution is -0.149. The van der Waals surface area contributed by atoms with Crippen LogP contribution in [0.25, 0.3) is 0 Å². The standard InChI is InChI=1S/C8H14O2.C8H16O/c1-8(7(9)10)5-3-2-4-6-8;1-8(7-9)5-3-2-4-6-8/h2-6H2,1H3,(H,9,10);9H,2-7H2,1H3. The molecule has 0 aliphatic heterocycles. The predicted molar refractivity (Wildman–Crippen MR) is 77.1 cm³/mol. The molecule has 0 amide bonds. The third-order valence-electron chi connectivity index (χ3n) is 4.92. The second kappa shape index (κ2) is 7.28. The molecule has 0 atom stereocenters. The van der Waals surface area contributed by atoms with Crippen LogP contribution in [-0.2, 0) is 4.79 Å². The third-order valence-corrected chi connectivity index (χ3v) is 4.92. The van der Waals surface area contributed by atoms with Crippen LogP contribution in [0.1, 0.15) is 78.1 Å². The number of carbonyl (C=O) groups is 1. The zero-order valence-electron chi connectivity index (χ0n) is 12.6. The lowest BCUT2D eigenvalue weighted by atomic mass is 9.76. The Labute approximate surface area is 117 Å². The molecule has 0 aromatic heterocycles. The van der Waals surface area contributed by atoms with Crippen LogP contribution in [0, 0.1) is 10.8 Å². The van der Waals surface area contributed by atoms with Gasteiger partial charge < -0.3 is 10.2 Å². The van der Waals surface area contributed by atoms with Crippen molar-refractivity contribution in [1.82, 2.24) is 0 Å². The van der Waals surface area contributed by atoms with Crippen LogP contribution in [0.5, 0.6) is 0 Å². The lowest BCUT2D eigenvalue weighted by Crippen LogP contribution is -2.29. The molecule has 0 aromatic carbocycles. The first-order chi connectivity index (χ1) is 8.92. The van der Waals surface area contributed by atoms with Crippen LogP contribution < -0.4 is 0 Å². The Morgan fingerprint density at radius 3 is 1.58 bits per heavy atom. The van der Waals surface area contributed by atoms with Gasteiger partial charge in [-0.3, -0.25) is 4.79 Å². The second-order valence-corrected chi connectivity index (χ2v) is 6.96. The van der Waals surface area contributed by atoms with Gasteiger partial charge in [0, 0.05) is 6.61 Å². The number of hydrogen-bond donors (Lipinski definition) is 2. The van der Waals surface area contributed by atoms with Crippen molar-refractivity contribution in [3.05, 3.63) is 0 Å². The Balaban J connectivity index is 0.000000191. The van der Waals surface area contributed by atoms with E-state index in [0.717, 1.165) is 25.7 Å². The van der Waals surface area contributed by atoms with Crippen molar-refractivity contribution < 1.29 is 15.0 Å². The zero-order valence-corrected chi connectivity index (χ0v) is 12.6. The molecule has 2 fully saturated rings. The van der Waals surface area contributed by atoms with E-state index in [-0.39, 0.29) is 5.41 Å². The second-order valence-electron chi connectivity index (χ2n) is 6.96. The third kappa shape index (κ3) is 5.13. The van der Waals surface area contributed by atoms with E-state index in [2.05, 4.69) is 6.92 Å². The summed E-state index contributed by atoms with van der Waals surface area (Å²) < 4.78 is 0. The number of carboxylic acid groups (broad SMARTS) is 1. The van der Waals surface area contributed by atoms with Gasteiger partial charge in [0.25, 0.3) is 0 Å². The Hall–Kier alpha value is -0.570. The summed E-state index contributed by atoms with van der Waals surface area (Å²) in [6, 6.07) is 0. The molecule has 0 heterocycles. The molecule has 0 aromatic rings. The maximum Gasteiger partial charge on any atom is 0.309 e. The highest BCUT2D eigenvalue weighted by Crippen LogP contribution is 2.35. The minimum atomic E-state index is -0.618. The Morgan fingerprint density at radius 2 is 1.32 bits per heavy atom. The number of carboxylic acids is 1. The van der Waals surface area contributed by atoms with Crippen LogP contribution in [0.15, 0.2) is 0 Å². The van der Waals surface area contributed by atoms with Gasteiger partial charge in [-0.05, 0) is 38.0 Å². The largest absolute Gasteiger partial charge is 0.481 e. The van der Waals surface area contributed by atoms with Crippen molar-refractivity contribution in [2.24, 2.45) is 10.8 Å². The number of hydrogen-bond acceptors (Lipinski definition) is 2. The van der Waals surface area contributed by atoms with Gasteiger partial charge in [-0.2, -0.15) is 0 Å². The van der Waals surface area contributed by atoms with Crippen molar-refractivity contribution in [1.29, 1.82) is 0 Å². The average Bonchev–Trinajstić information content (AvgIpc) is 2.41. The molecule has 3 heteroatoms. The molecule has 0 radical (unpaired) electrons. The van der Waals surface area contributed by atoms with Crippen molar-refractivity contribution in [3.63, 3.8) is 0 Å². The van der Waals surface area contributed by atoms with E-state index < -0.39 is 11.4 Å². The first kappa shape index (κ1) is 16.5. The molecule has 3 nitrogen and oxygen atoms in total. The van der Waals surface area contributed by atoms with Gasteiger partial charge in [0.15, 0.2) is 0 Å². The van der Waals surface area contributed by atoms with Gasteiger partial charge in [0.2, 0.25) is 0 Å². The summed E-state index contributed by atoms with van der Waals surface area (Å²) in [4.78, 5) is 10.7. The van der Waals surface area contributed by atoms with Gasteiger partial charge in [-0.1, -0.05) is 45.4 Å². The van der Waals surface area contributed by atoms with E-state index in [4.69, 9.17) is 10.2 Å². The summed E-state index contributed by atoms with van der Waals surface area (Å²) in [5.41, 5.74) is -0.128. The molecule has 2 aliphatic rings. The summed E-state index contributed by atoms with van der Waals surface area (Å²) in [5.74, 6) is -0.618. The highest BCUT2D eigenvalue weighted by molar-refractivity contribution is 5.74. The molecule has 2 rings (SSSR count). The van der Waals surface area contributed by atoms with E-state index >= 15 is 0 Å². The van der Waals surface area contributed by atoms with E-state index in [1.165, 1.54) is 38.5 Å². The average molecular weight is 270 g/mol. The fourth-order valence-corrected chi connectivity index (χ4v) is 3.11. The van der Waals surface area contributed by atoms with Crippen LogP contribution >= 0.6 is 0 Å². The fraction of sp³-hybridized carbons (Fsp3) is 0.938. The molecular weight excluding hydrogens is 240 g/mol. The summed E-state index contributed by atoms with van der Waals surface area (Å²) in [6.45, 7) is 4.42. The highest BCUT2D eigenvalue weighted by Gasteiger charge is 2.33. The first-order valence-corrected chi connectivity index (χ1v) is 7.76. The fourth-order valence-electron chi connectivity index (χ4n) is 3.11. The van der Waals surface area contributed by atoms with E-state index in [1.54, 1.807) is 0 Å². The van der Waals surface area contributed by atoms with Gasteiger partial charge in [0.05, 0.1) is 5.41 Å². The summed E-state index contributed by atoms with van der Waals surface area (Å²) in [6.07, 6.45) is 11.6.